The van der Waals surface area contributed by atoms with Crippen molar-refractivity contribution < 1.29 is 4.79 Å². The van der Waals surface area contributed by atoms with Gasteiger partial charge in [0.25, 0.3) is 0 Å². The Kier molecular flexibility index (Phi) is 9.78. The number of anilines is 1. The molecule has 1 aromatic rings. The number of carbonyl (C=O) groups excluding carboxylic acids is 1. The quantitative estimate of drug-likeness (QED) is 0.363. The molecule has 0 unspecified atom stereocenters. The molecule has 2 aliphatic heterocycles. The molecule has 29 heavy (non-hydrogen) atoms. The van der Waals surface area contributed by atoms with Gasteiger partial charge in [0.05, 0.1) is 0 Å². The summed E-state index contributed by atoms with van der Waals surface area (Å²) in [6.07, 6.45) is 0. The van der Waals surface area contributed by atoms with Crippen LogP contribution in [0.5, 0.6) is 0 Å². The van der Waals surface area contributed by atoms with E-state index in [0.717, 1.165) is 76.4 Å². The molecule has 7 nitrogen and oxygen atoms in total. The summed E-state index contributed by atoms with van der Waals surface area (Å²) < 4.78 is 0. The number of rotatable bonds is 4. The average Bonchev–Trinajstić information content (AvgIpc) is 2.72. The van der Waals surface area contributed by atoms with Gasteiger partial charge >= 0.3 is 0 Å². The van der Waals surface area contributed by atoms with E-state index in [9.17, 15) is 4.79 Å². The van der Waals surface area contributed by atoms with Crippen LogP contribution in [0.2, 0.25) is 5.02 Å². The van der Waals surface area contributed by atoms with E-state index in [-0.39, 0.29) is 29.9 Å². The van der Waals surface area contributed by atoms with E-state index in [4.69, 9.17) is 11.6 Å². The Morgan fingerprint density at radius 3 is 2.31 bits per heavy atom. The van der Waals surface area contributed by atoms with Gasteiger partial charge in [0.15, 0.2) is 5.96 Å². The first kappa shape index (κ1) is 24.0. The lowest BCUT2D eigenvalue weighted by molar-refractivity contribution is -0.130. The molecule has 0 spiro atoms. The molecule has 2 heterocycles. The fourth-order valence-corrected chi connectivity index (χ4v) is 3.98. The third-order valence-corrected chi connectivity index (χ3v) is 5.73. The molecule has 162 valence electrons. The molecule has 0 aliphatic carbocycles. The first-order chi connectivity index (χ1) is 13.6. The maximum Gasteiger partial charge on any atom is 0.219 e. The molecule has 2 aliphatic rings. The fraction of sp³-hybridized carbons (Fsp3) is 0.600. The van der Waals surface area contributed by atoms with E-state index in [1.807, 2.05) is 30.1 Å². The van der Waals surface area contributed by atoms with Crippen LogP contribution in [0.1, 0.15) is 6.92 Å². The van der Waals surface area contributed by atoms with Crippen LogP contribution in [0.15, 0.2) is 29.3 Å². The molecular weight excluding hydrogens is 503 g/mol. The van der Waals surface area contributed by atoms with Crippen molar-refractivity contribution in [2.45, 2.75) is 6.92 Å². The Bertz CT molecular complexity index is 687. The van der Waals surface area contributed by atoms with Crippen LogP contribution in [-0.2, 0) is 4.79 Å². The van der Waals surface area contributed by atoms with Gasteiger partial charge in [0.1, 0.15) is 0 Å². The Morgan fingerprint density at radius 1 is 1.07 bits per heavy atom. The van der Waals surface area contributed by atoms with Crippen molar-refractivity contribution >= 4 is 53.1 Å². The van der Waals surface area contributed by atoms with Gasteiger partial charge in [-0.3, -0.25) is 14.7 Å². The summed E-state index contributed by atoms with van der Waals surface area (Å²) in [5, 5.41) is 4.28. The predicted molar refractivity (Wildman–Crippen MR) is 131 cm³/mol. The zero-order chi connectivity index (χ0) is 19.9. The Morgan fingerprint density at radius 2 is 1.72 bits per heavy atom. The number of nitrogens with zero attached hydrogens (tertiary/aromatic N) is 5. The molecule has 0 radical (unpaired) electrons. The maximum absolute atomic E-state index is 11.4. The number of nitrogens with one attached hydrogen (secondary N) is 1. The Labute approximate surface area is 196 Å². The second-order valence-corrected chi connectivity index (χ2v) is 7.71. The number of aliphatic imine (C=N–C) groups is 1. The summed E-state index contributed by atoms with van der Waals surface area (Å²) in [7, 11) is 1.84. The number of piperazine rings is 2. The summed E-state index contributed by atoms with van der Waals surface area (Å²) in [6.45, 7) is 10.8. The second kappa shape index (κ2) is 11.8. The highest BCUT2D eigenvalue weighted by Crippen LogP contribution is 2.20. The highest BCUT2D eigenvalue weighted by Gasteiger charge is 2.21. The average molecular weight is 535 g/mol. The van der Waals surface area contributed by atoms with Gasteiger partial charge in [0, 0.05) is 90.1 Å². The summed E-state index contributed by atoms with van der Waals surface area (Å²) in [5.74, 6) is 1.14. The number of carbonyl (C=O) groups is 1. The van der Waals surface area contributed by atoms with Crippen LogP contribution in [0, 0.1) is 0 Å². The van der Waals surface area contributed by atoms with Gasteiger partial charge in [-0.1, -0.05) is 17.7 Å². The lowest BCUT2D eigenvalue weighted by atomic mass is 10.2. The SMILES string of the molecule is CN=C(NCCN1CCN(C(C)=O)CC1)N1CCN(c2cccc(Cl)c2)CC1.I. The van der Waals surface area contributed by atoms with Crippen molar-refractivity contribution in [3.05, 3.63) is 29.3 Å². The molecule has 1 amide bonds. The molecule has 0 aromatic heterocycles. The molecule has 1 aromatic carbocycles. The Balaban J connectivity index is 0.00000300. The van der Waals surface area contributed by atoms with Crippen LogP contribution in [0.25, 0.3) is 0 Å². The summed E-state index contributed by atoms with van der Waals surface area (Å²) >= 11 is 6.12. The second-order valence-electron chi connectivity index (χ2n) is 7.28. The molecule has 9 heteroatoms. The van der Waals surface area contributed by atoms with Crippen molar-refractivity contribution in [3.8, 4) is 0 Å². The van der Waals surface area contributed by atoms with Crippen molar-refractivity contribution in [1.82, 2.24) is 20.0 Å². The lowest BCUT2D eigenvalue weighted by Crippen LogP contribution is -2.54. The van der Waals surface area contributed by atoms with Gasteiger partial charge in [-0.25, -0.2) is 0 Å². The molecular formula is C20H32ClIN6O. The number of amides is 1. The minimum absolute atomic E-state index is 0. The third-order valence-electron chi connectivity index (χ3n) is 5.49. The zero-order valence-corrected chi connectivity index (χ0v) is 20.4. The largest absolute Gasteiger partial charge is 0.368 e. The van der Waals surface area contributed by atoms with Gasteiger partial charge < -0.3 is 20.0 Å². The maximum atomic E-state index is 11.4. The minimum Gasteiger partial charge on any atom is -0.368 e. The smallest absolute Gasteiger partial charge is 0.219 e. The highest BCUT2D eigenvalue weighted by atomic mass is 127. The number of guanidine groups is 1. The summed E-state index contributed by atoms with van der Waals surface area (Å²) in [6, 6.07) is 8.05. The van der Waals surface area contributed by atoms with Gasteiger partial charge in [0.2, 0.25) is 5.91 Å². The normalized spacial score (nSPS) is 18.4. The first-order valence-electron chi connectivity index (χ1n) is 10.0. The molecule has 2 fully saturated rings. The molecule has 2 saturated heterocycles. The van der Waals surface area contributed by atoms with Crippen LogP contribution in [0.3, 0.4) is 0 Å². The lowest BCUT2D eigenvalue weighted by Gasteiger charge is -2.38. The summed E-state index contributed by atoms with van der Waals surface area (Å²) in [5.41, 5.74) is 1.18. The van der Waals surface area contributed by atoms with E-state index in [2.05, 4.69) is 31.1 Å². The fourth-order valence-electron chi connectivity index (χ4n) is 3.79. The molecule has 1 N–H and O–H groups in total. The number of benzene rings is 1. The summed E-state index contributed by atoms with van der Waals surface area (Å²) in [4.78, 5) is 24.9. The van der Waals surface area contributed by atoms with E-state index < -0.39 is 0 Å². The van der Waals surface area contributed by atoms with Crippen molar-refractivity contribution in [2.24, 2.45) is 4.99 Å². The predicted octanol–water partition coefficient (Wildman–Crippen LogP) is 1.82. The van der Waals surface area contributed by atoms with Crippen LogP contribution < -0.4 is 10.2 Å². The topological polar surface area (TPSA) is 54.4 Å². The van der Waals surface area contributed by atoms with Crippen LogP contribution >= 0.6 is 35.6 Å². The zero-order valence-electron chi connectivity index (χ0n) is 17.3. The third kappa shape index (κ3) is 6.89. The number of halogens is 2. The number of hydrogen-bond donors (Lipinski definition) is 1. The highest BCUT2D eigenvalue weighted by molar-refractivity contribution is 14.0. The van der Waals surface area contributed by atoms with Gasteiger partial charge in [-0.2, -0.15) is 0 Å². The van der Waals surface area contributed by atoms with Crippen molar-refractivity contribution in [2.75, 3.05) is 77.4 Å². The number of hydrogen-bond acceptors (Lipinski definition) is 4. The van der Waals surface area contributed by atoms with Crippen molar-refractivity contribution in [1.29, 1.82) is 0 Å². The van der Waals surface area contributed by atoms with Crippen LogP contribution in [0.4, 0.5) is 5.69 Å². The standard InChI is InChI=1S/C20H31ClN6O.HI/c1-17(28)25-10-8-24(9-11-25)7-6-23-20(22-2)27-14-12-26(13-15-27)19-5-3-4-18(21)16-19;/h3-5,16H,6-15H2,1-2H3,(H,22,23);1H. The van der Waals surface area contributed by atoms with E-state index in [0.29, 0.717) is 0 Å². The molecule has 0 bridgehead atoms. The first-order valence-corrected chi connectivity index (χ1v) is 10.4. The molecule has 0 atom stereocenters. The Hall–Kier alpha value is -1.26. The van der Waals surface area contributed by atoms with Crippen LogP contribution in [-0.4, -0.2) is 99.1 Å². The van der Waals surface area contributed by atoms with Gasteiger partial charge in [-0.05, 0) is 18.2 Å². The minimum atomic E-state index is 0. The van der Waals surface area contributed by atoms with E-state index in [1.54, 1.807) is 6.92 Å². The monoisotopic (exact) mass is 534 g/mol. The molecule has 3 rings (SSSR count). The van der Waals surface area contributed by atoms with E-state index >= 15 is 0 Å². The van der Waals surface area contributed by atoms with Gasteiger partial charge in [-0.15, -0.1) is 24.0 Å². The molecule has 0 saturated carbocycles. The van der Waals surface area contributed by atoms with E-state index in [1.165, 1.54) is 5.69 Å². The van der Waals surface area contributed by atoms with Crippen molar-refractivity contribution in [3.63, 3.8) is 0 Å².